The molecule has 0 fully saturated rings. The van der Waals surface area contributed by atoms with Gasteiger partial charge in [-0.2, -0.15) is 0 Å². The molecule has 0 bridgehead atoms. The highest BCUT2D eigenvalue weighted by Gasteiger charge is 2.03. The lowest BCUT2D eigenvalue weighted by Crippen LogP contribution is -2.12. The van der Waals surface area contributed by atoms with Crippen LogP contribution in [0.3, 0.4) is 0 Å². The fourth-order valence-corrected chi connectivity index (χ4v) is 1.80. The Bertz CT molecular complexity index is 475. The lowest BCUT2D eigenvalue weighted by atomic mass is 10.1. The van der Waals surface area contributed by atoms with Crippen LogP contribution in [-0.2, 0) is 4.79 Å². The Kier molecular flexibility index (Phi) is 8.09. The van der Waals surface area contributed by atoms with E-state index in [0.717, 1.165) is 12.8 Å². The second-order valence-corrected chi connectivity index (χ2v) is 4.58. The van der Waals surface area contributed by atoms with Crippen molar-refractivity contribution in [1.29, 1.82) is 0 Å². The first-order chi connectivity index (χ1) is 9.76. The van der Waals surface area contributed by atoms with Crippen molar-refractivity contribution in [2.45, 2.75) is 45.4 Å². The van der Waals surface area contributed by atoms with E-state index in [1.807, 2.05) is 0 Å². The van der Waals surface area contributed by atoms with E-state index < -0.39 is 0 Å². The minimum Gasteiger partial charge on any atom is -0.384 e. The predicted octanol–water partition coefficient (Wildman–Crippen LogP) is 2.72. The minimum absolute atomic E-state index is 0.0127. The van der Waals surface area contributed by atoms with E-state index in [1.54, 1.807) is 18.2 Å². The summed E-state index contributed by atoms with van der Waals surface area (Å²) in [4.78, 5) is 15.9. The van der Waals surface area contributed by atoms with E-state index in [-0.39, 0.29) is 12.5 Å². The van der Waals surface area contributed by atoms with E-state index >= 15 is 0 Å². The molecule has 1 heterocycles. The summed E-state index contributed by atoms with van der Waals surface area (Å²) in [5.74, 6) is 5.74. The molecule has 4 heteroatoms. The number of nitrogens with one attached hydrogen (secondary N) is 1. The van der Waals surface area contributed by atoms with Crippen LogP contribution in [0.1, 0.15) is 51.1 Å². The minimum atomic E-state index is -0.198. The zero-order valence-corrected chi connectivity index (χ0v) is 12.0. The number of unbranched alkanes of at least 4 members (excludes halogenated alkanes) is 4. The summed E-state index contributed by atoms with van der Waals surface area (Å²) >= 11 is 0. The van der Waals surface area contributed by atoms with Crippen LogP contribution in [0.4, 0.5) is 5.82 Å². The average molecular weight is 274 g/mol. The van der Waals surface area contributed by atoms with Crippen molar-refractivity contribution in [3.8, 4) is 11.8 Å². The molecule has 1 amide bonds. The van der Waals surface area contributed by atoms with E-state index in [0.29, 0.717) is 17.9 Å². The Morgan fingerprint density at radius 3 is 2.85 bits per heavy atom. The molecule has 0 aliphatic heterocycles. The maximum Gasteiger partial charge on any atom is 0.225 e. The molecular formula is C16H22N2O2. The van der Waals surface area contributed by atoms with Crippen molar-refractivity contribution in [3.05, 3.63) is 23.9 Å². The number of hydrogen-bond donors (Lipinski definition) is 2. The molecule has 4 nitrogen and oxygen atoms in total. The zero-order valence-electron chi connectivity index (χ0n) is 12.0. The van der Waals surface area contributed by atoms with Gasteiger partial charge in [-0.05, 0) is 24.5 Å². The van der Waals surface area contributed by atoms with Gasteiger partial charge in [-0.3, -0.25) is 4.79 Å². The molecule has 1 aromatic heterocycles. The molecule has 1 rings (SSSR count). The van der Waals surface area contributed by atoms with Gasteiger partial charge in [-0.25, -0.2) is 4.98 Å². The number of aliphatic hydroxyl groups excluding tert-OH is 1. The SMILES string of the molecule is CCCCCCCC(=O)Nc1cccc(C#CCO)n1. The maximum absolute atomic E-state index is 11.7. The number of nitrogens with zero attached hydrogens (tertiary/aromatic N) is 1. The average Bonchev–Trinajstić information content (AvgIpc) is 2.45. The van der Waals surface area contributed by atoms with Crippen LogP contribution < -0.4 is 5.32 Å². The second-order valence-electron chi connectivity index (χ2n) is 4.58. The second kappa shape index (κ2) is 9.99. The summed E-state index contributed by atoms with van der Waals surface area (Å²) in [6, 6.07) is 5.26. The third-order valence-electron chi connectivity index (χ3n) is 2.82. The molecule has 1 aromatic rings. The smallest absolute Gasteiger partial charge is 0.225 e. The summed E-state index contributed by atoms with van der Waals surface area (Å²) in [5, 5.41) is 11.4. The van der Waals surface area contributed by atoms with Crippen molar-refractivity contribution in [2.24, 2.45) is 0 Å². The van der Waals surface area contributed by atoms with Crippen LogP contribution in [0, 0.1) is 11.8 Å². The van der Waals surface area contributed by atoms with Crippen LogP contribution in [0.25, 0.3) is 0 Å². The van der Waals surface area contributed by atoms with Gasteiger partial charge in [-0.1, -0.05) is 44.6 Å². The molecule has 0 aliphatic carbocycles. The summed E-state index contributed by atoms with van der Waals surface area (Å²) in [5.41, 5.74) is 0.541. The number of rotatable bonds is 7. The van der Waals surface area contributed by atoms with E-state index in [2.05, 4.69) is 29.1 Å². The van der Waals surface area contributed by atoms with Gasteiger partial charge in [0.15, 0.2) is 0 Å². The topological polar surface area (TPSA) is 62.2 Å². The molecule has 108 valence electrons. The van der Waals surface area contributed by atoms with Crippen LogP contribution >= 0.6 is 0 Å². The largest absolute Gasteiger partial charge is 0.384 e. The molecule has 2 N–H and O–H groups in total. The van der Waals surface area contributed by atoms with E-state index in [4.69, 9.17) is 5.11 Å². The van der Waals surface area contributed by atoms with Gasteiger partial charge in [-0.15, -0.1) is 0 Å². The van der Waals surface area contributed by atoms with Crippen molar-refractivity contribution in [2.75, 3.05) is 11.9 Å². The fraction of sp³-hybridized carbons (Fsp3) is 0.500. The zero-order chi connectivity index (χ0) is 14.6. The van der Waals surface area contributed by atoms with Crippen LogP contribution in [0.5, 0.6) is 0 Å². The first kappa shape index (κ1) is 16.2. The third kappa shape index (κ3) is 6.91. The fourth-order valence-electron chi connectivity index (χ4n) is 1.80. The Balaban J connectivity index is 2.38. The molecule has 0 unspecified atom stereocenters. The molecule has 0 saturated heterocycles. The van der Waals surface area contributed by atoms with E-state index in [1.165, 1.54) is 19.3 Å². The van der Waals surface area contributed by atoms with Gasteiger partial charge in [0.2, 0.25) is 5.91 Å². The predicted molar refractivity (Wildman–Crippen MR) is 80.2 cm³/mol. The highest BCUT2D eigenvalue weighted by molar-refractivity contribution is 5.89. The van der Waals surface area contributed by atoms with Crippen molar-refractivity contribution in [1.82, 2.24) is 4.98 Å². The summed E-state index contributed by atoms with van der Waals surface area (Å²) in [7, 11) is 0. The first-order valence-electron chi connectivity index (χ1n) is 7.13. The van der Waals surface area contributed by atoms with Gasteiger partial charge in [0.05, 0.1) is 0 Å². The number of aromatic nitrogens is 1. The summed E-state index contributed by atoms with van der Waals surface area (Å²) < 4.78 is 0. The number of anilines is 1. The monoisotopic (exact) mass is 274 g/mol. The van der Waals surface area contributed by atoms with Crippen LogP contribution in [0.2, 0.25) is 0 Å². The molecular weight excluding hydrogens is 252 g/mol. The standard InChI is InChI=1S/C16H22N2O2/c1-2-3-4-5-6-12-16(20)18-15-11-7-9-14(17-15)10-8-13-19/h7,9,11,19H,2-6,12-13H2,1H3,(H,17,18,20). The van der Waals surface area contributed by atoms with Crippen molar-refractivity contribution >= 4 is 11.7 Å². The number of aliphatic hydroxyl groups is 1. The van der Waals surface area contributed by atoms with Crippen LogP contribution in [-0.4, -0.2) is 22.6 Å². The van der Waals surface area contributed by atoms with Gasteiger partial charge in [0, 0.05) is 6.42 Å². The molecule has 0 atom stereocenters. The summed E-state index contributed by atoms with van der Waals surface area (Å²) in [6.07, 6.45) is 6.16. The molecule has 0 spiro atoms. The van der Waals surface area contributed by atoms with E-state index in [9.17, 15) is 4.79 Å². The van der Waals surface area contributed by atoms with Crippen molar-refractivity contribution < 1.29 is 9.90 Å². The highest BCUT2D eigenvalue weighted by atomic mass is 16.2. The van der Waals surface area contributed by atoms with Crippen molar-refractivity contribution in [3.63, 3.8) is 0 Å². The Hall–Kier alpha value is -1.86. The van der Waals surface area contributed by atoms with Gasteiger partial charge >= 0.3 is 0 Å². The molecule has 0 radical (unpaired) electrons. The molecule has 0 saturated carbocycles. The number of carbonyl (C=O) groups excluding carboxylic acids is 1. The van der Waals surface area contributed by atoms with Gasteiger partial charge < -0.3 is 10.4 Å². The molecule has 0 aromatic carbocycles. The number of carbonyl (C=O) groups is 1. The number of pyridine rings is 1. The quantitative estimate of drug-likeness (QED) is 0.593. The lowest BCUT2D eigenvalue weighted by Gasteiger charge is -2.04. The highest BCUT2D eigenvalue weighted by Crippen LogP contribution is 2.08. The Morgan fingerprint density at radius 1 is 1.30 bits per heavy atom. The third-order valence-corrected chi connectivity index (χ3v) is 2.82. The summed E-state index contributed by atoms with van der Waals surface area (Å²) in [6.45, 7) is 1.97. The molecule has 20 heavy (non-hydrogen) atoms. The van der Waals surface area contributed by atoms with Crippen LogP contribution in [0.15, 0.2) is 18.2 Å². The Labute approximate surface area is 120 Å². The Morgan fingerprint density at radius 2 is 2.10 bits per heavy atom. The molecule has 0 aliphatic rings. The number of hydrogen-bond acceptors (Lipinski definition) is 3. The van der Waals surface area contributed by atoms with Gasteiger partial charge in [0.1, 0.15) is 18.1 Å². The lowest BCUT2D eigenvalue weighted by molar-refractivity contribution is -0.116. The number of amides is 1. The normalized spacial score (nSPS) is 9.70. The first-order valence-corrected chi connectivity index (χ1v) is 7.13. The maximum atomic E-state index is 11.7. The van der Waals surface area contributed by atoms with Gasteiger partial charge in [0.25, 0.3) is 0 Å².